The van der Waals surface area contributed by atoms with Gasteiger partial charge in [0.05, 0.1) is 5.75 Å². The number of carbonyl (C=O) groups is 1. The molecule has 0 atom stereocenters. The van der Waals surface area contributed by atoms with Gasteiger partial charge in [-0.2, -0.15) is 0 Å². The summed E-state index contributed by atoms with van der Waals surface area (Å²) in [4.78, 5) is 12.3. The smallest absolute Gasteiger partial charge is 0.234 e. The molecule has 1 aromatic heterocycles. The molecule has 3 rings (SSSR count). The Morgan fingerprint density at radius 3 is 2.64 bits per heavy atom. The van der Waals surface area contributed by atoms with E-state index in [1.807, 2.05) is 54.0 Å². The molecule has 0 fully saturated rings. The van der Waals surface area contributed by atoms with Crippen molar-refractivity contribution in [2.75, 3.05) is 11.1 Å². The lowest BCUT2D eigenvalue weighted by atomic mass is 10.1. The van der Waals surface area contributed by atoms with Gasteiger partial charge in [0.1, 0.15) is 5.82 Å². The molecular formula is C22H24N4OS. The molecule has 1 amide bonds. The van der Waals surface area contributed by atoms with Crippen LogP contribution < -0.4 is 5.32 Å². The van der Waals surface area contributed by atoms with Crippen LogP contribution in [0.1, 0.15) is 22.5 Å². The first-order valence-corrected chi connectivity index (χ1v) is 10.1. The summed E-state index contributed by atoms with van der Waals surface area (Å²) in [5, 5.41) is 12.3. The summed E-state index contributed by atoms with van der Waals surface area (Å²) in [5.41, 5.74) is 4.34. The van der Waals surface area contributed by atoms with Crippen LogP contribution in [0.15, 0.2) is 66.3 Å². The SMILES string of the molecule is C=CCn1c(Cc2ccccc2)nnc1SCC(=O)Nc1ccc(C)c(C)c1. The van der Waals surface area contributed by atoms with E-state index in [-0.39, 0.29) is 11.7 Å². The number of benzene rings is 2. The van der Waals surface area contributed by atoms with Gasteiger partial charge in [0.15, 0.2) is 5.16 Å². The summed E-state index contributed by atoms with van der Waals surface area (Å²) >= 11 is 1.38. The molecule has 0 spiro atoms. The van der Waals surface area contributed by atoms with E-state index in [4.69, 9.17) is 0 Å². The van der Waals surface area contributed by atoms with Crippen LogP contribution in [-0.2, 0) is 17.8 Å². The van der Waals surface area contributed by atoms with Gasteiger partial charge in [0, 0.05) is 18.7 Å². The maximum absolute atomic E-state index is 12.3. The number of hydrogen-bond acceptors (Lipinski definition) is 4. The first-order chi connectivity index (χ1) is 13.6. The summed E-state index contributed by atoms with van der Waals surface area (Å²) in [6.07, 6.45) is 2.51. The third-order valence-corrected chi connectivity index (χ3v) is 5.40. The fourth-order valence-electron chi connectivity index (χ4n) is 2.79. The van der Waals surface area contributed by atoms with E-state index >= 15 is 0 Å². The Kier molecular flexibility index (Phi) is 6.66. The van der Waals surface area contributed by atoms with Crippen molar-refractivity contribution in [1.82, 2.24) is 14.8 Å². The Hall–Kier alpha value is -2.86. The van der Waals surface area contributed by atoms with Crippen molar-refractivity contribution in [3.8, 4) is 0 Å². The fourth-order valence-corrected chi connectivity index (χ4v) is 3.56. The van der Waals surface area contributed by atoms with Crippen molar-refractivity contribution in [1.29, 1.82) is 0 Å². The lowest BCUT2D eigenvalue weighted by Gasteiger charge is -2.09. The van der Waals surface area contributed by atoms with Crippen LogP contribution in [0.4, 0.5) is 5.69 Å². The highest BCUT2D eigenvalue weighted by Gasteiger charge is 2.14. The molecule has 0 bridgehead atoms. The average molecular weight is 393 g/mol. The van der Waals surface area contributed by atoms with Crippen LogP contribution in [-0.4, -0.2) is 26.4 Å². The zero-order valence-corrected chi connectivity index (χ0v) is 17.0. The first-order valence-electron chi connectivity index (χ1n) is 9.13. The van der Waals surface area contributed by atoms with Crippen molar-refractivity contribution in [2.45, 2.75) is 32.0 Å². The van der Waals surface area contributed by atoms with Crippen LogP contribution >= 0.6 is 11.8 Å². The number of anilines is 1. The van der Waals surface area contributed by atoms with E-state index in [1.165, 1.54) is 22.9 Å². The van der Waals surface area contributed by atoms with Gasteiger partial charge >= 0.3 is 0 Å². The Bertz CT molecular complexity index is 966. The van der Waals surface area contributed by atoms with E-state index in [2.05, 4.69) is 41.1 Å². The molecule has 0 unspecified atom stereocenters. The van der Waals surface area contributed by atoms with Gasteiger partial charge in [-0.15, -0.1) is 16.8 Å². The minimum Gasteiger partial charge on any atom is -0.325 e. The molecule has 3 aromatic rings. The summed E-state index contributed by atoms with van der Waals surface area (Å²) in [5.74, 6) is 1.07. The Morgan fingerprint density at radius 2 is 1.93 bits per heavy atom. The molecule has 5 nitrogen and oxygen atoms in total. The van der Waals surface area contributed by atoms with E-state index in [1.54, 1.807) is 0 Å². The summed E-state index contributed by atoms with van der Waals surface area (Å²) < 4.78 is 2.01. The molecule has 0 aliphatic heterocycles. The van der Waals surface area contributed by atoms with Crippen LogP contribution in [0.2, 0.25) is 0 Å². The third-order valence-electron chi connectivity index (χ3n) is 4.43. The minimum atomic E-state index is -0.0639. The number of thioether (sulfide) groups is 1. The number of aryl methyl sites for hydroxylation is 2. The lowest BCUT2D eigenvalue weighted by molar-refractivity contribution is -0.113. The normalized spacial score (nSPS) is 10.6. The number of carbonyl (C=O) groups excluding carboxylic acids is 1. The predicted octanol–water partition coefficient (Wildman–Crippen LogP) is 4.40. The second-order valence-electron chi connectivity index (χ2n) is 6.60. The van der Waals surface area contributed by atoms with E-state index < -0.39 is 0 Å². The standard InChI is InChI=1S/C22H24N4OS/c1-4-12-26-20(14-18-8-6-5-7-9-18)24-25-22(26)28-15-21(27)23-19-11-10-16(2)17(3)13-19/h4-11,13H,1,12,14-15H2,2-3H3,(H,23,27). The fraction of sp³-hybridized carbons (Fsp3) is 0.227. The number of rotatable bonds is 8. The first kappa shape index (κ1) is 19.9. The van der Waals surface area contributed by atoms with Crippen molar-refractivity contribution in [3.63, 3.8) is 0 Å². The molecule has 1 heterocycles. The molecule has 6 heteroatoms. The second kappa shape index (κ2) is 9.37. The van der Waals surface area contributed by atoms with Crippen molar-refractivity contribution in [3.05, 3.63) is 83.7 Å². The summed E-state index contributed by atoms with van der Waals surface area (Å²) in [6.45, 7) is 8.52. The molecule has 1 N–H and O–H groups in total. The number of amides is 1. The molecule has 0 radical (unpaired) electrons. The number of allylic oxidation sites excluding steroid dienone is 1. The van der Waals surface area contributed by atoms with Crippen LogP contribution in [0, 0.1) is 13.8 Å². The van der Waals surface area contributed by atoms with Gasteiger partial charge in [0.25, 0.3) is 0 Å². The molecule has 2 aromatic carbocycles. The van der Waals surface area contributed by atoms with Gasteiger partial charge in [0.2, 0.25) is 5.91 Å². The quantitative estimate of drug-likeness (QED) is 0.456. The Labute approximate surface area is 169 Å². The van der Waals surface area contributed by atoms with Crippen molar-refractivity contribution >= 4 is 23.4 Å². The summed E-state index contributed by atoms with van der Waals surface area (Å²) in [6, 6.07) is 16.1. The largest absolute Gasteiger partial charge is 0.325 e. The zero-order chi connectivity index (χ0) is 19.9. The highest BCUT2D eigenvalue weighted by molar-refractivity contribution is 7.99. The second-order valence-corrected chi connectivity index (χ2v) is 7.54. The van der Waals surface area contributed by atoms with Gasteiger partial charge in [-0.3, -0.25) is 4.79 Å². The predicted molar refractivity (Wildman–Crippen MR) is 115 cm³/mol. The van der Waals surface area contributed by atoms with Crippen LogP contribution in [0.25, 0.3) is 0 Å². The van der Waals surface area contributed by atoms with Gasteiger partial charge in [-0.05, 0) is 42.7 Å². The monoisotopic (exact) mass is 392 g/mol. The molecule has 0 aliphatic carbocycles. The minimum absolute atomic E-state index is 0.0639. The van der Waals surface area contributed by atoms with Crippen LogP contribution in [0.5, 0.6) is 0 Å². The summed E-state index contributed by atoms with van der Waals surface area (Å²) in [7, 11) is 0. The number of aromatic nitrogens is 3. The molecule has 144 valence electrons. The van der Waals surface area contributed by atoms with Crippen molar-refractivity contribution in [2.24, 2.45) is 0 Å². The molecule has 0 aliphatic rings. The molecule has 0 saturated heterocycles. The lowest BCUT2D eigenvalue weighted by Crippen LogP contribution is -2.15. The molecule has 0 saturated carbocycles. The maximum atomic E-state index is 12.3. The maximum Gasteiger partial charge on any atom is 0.234 e. The van der Waals surface area contributed by atoms with E-state index in [0.29, 0.717) is 13.0 Å². The number of hydrogen-bond donors (Lipinski definition) is 1. The van der Waals surface area contributed by atoms with E-state index in [9.17, 15) is 4.79 Å². The third kappa shape index (κ3) is 5.10. The van der Waals surface area contributed by atoms with Gasteiger partial charge in [-0.1, -0.05) is 54.2 Å². The average Bonchev–Trinajstić information content (AvgIpc) is 3.06. The van der Waals surface area contributed by atoms with E-state index in [0.717, 1.165) is 22.2 Å². The highest BCUT2D eigenvalue weighted by Crippen LogP contribution is 2.20. The molecule has 28 heavy (non-hydrogen) atoms. The van der Waals surface area contributed by atoms with Crippen LogP contribution in [0.3, 0.4) is 0 Å². The zero-order valence-electron chi connectivity index (χ0n) is 16.2. The number of nitrogens with one attached hydrogen (secondary N) is 1. The Balaban J connectivity index is 1.65. The topological polar surface area (TPSA) is 59.8 Å². The van der Waals surface area contributed by atoms with Gasteiger partial charge < -0.3 is 9.88 Å². The Morgan fingerprint density at radius 1 is 1.14 bits per heavy atom. The molecular weight excluding hydrogens is 368 g/mol. The highest BCUT2D eigenvalue weighted by atomic mass is 32.2. The van der Waals surface area contributed by atoms with Crippen molar-refractivity contribution < 1.29 is 4.79 Å². The van der Waals surface area contributed by atoms with Gasteiger partial charge in [-0.25, -0.2) is 0 Å². The number of nitrogens with zero attached hydrogens (tertiary/aromatic N) is 3.